The van der Waals surface area contributed by atoms with Crippen molar-refractivity contribution in [3.63, 3.8) is 0 Å². The first kappa shape index (κ1) is 15.3. The Bertz CT molecular complexity index is 478. The van der Waals surface area contributed by atoms with E-state index >= 15 is 0 Å². The number of aromatic nitrogens is 1. The fourth-order valence-electron chi connectivity index (χ4n) is 3.66. The zero-order valence-corrected chi connectivity index (χ0v) is 13.3. The van der Waals surface area contributed by atoms with Crippen LogP contribution in [0, 0.1) is 0 Å². The largest absolute Gasteiger partial charge is 0.463 e. The minimum Gasteiger partial charge on any atom is -0.463 e. The predicted octanol–water partition coefficient (Wildman–Crippen LogP) is 2.08. The molecular weight excluding hydrogens is 278 g/mol. The molecule has 1 aliphatic carbocycles. The van der Waals surface area contributed by atoms with Gasteiger partial charge in [-0.25, -0.2) is 0 Å². The van der Waals surface area contributed by atoms with Gasteiger partial charge >= 0.3 is 5.97 Å². The summed E-state index contributed by atoms with van der Waals surface area (Å²) in [4.78, 5) is 20.2. The molecule has 1 saturated carbocycles. The molecular formula is C17H25N3O2. The summed E-state index contributed by atoms with van der Waals surface area (Å²) in [6, 6.07) is 4.83. The second kappa shape index (κ2) is 7.09. The maximum atomic E-state index is 11.0. The van der Waals surface area contributed by atoms with Gasteiger partial charge in [0.1, 0.15) is 6.10 Å². The topological polar surface area (TPSA) is 45.7 Å². The van der Waals surface area contributed by atoms with E-state index in [-0.39, 0.29) is 12.1 Å². The van der Waals surface area contributed by atoms with Crippen molar-refractivity contribution < 1.29 is 9.53 Å². The van der Waals surface area contributed by atoms with E-state index < -0.39 is 0 Å². The molecule has 1 aromatic rings. The lowest BCUT2D eigenvalue weighted by Gasteiger charge is -2.42. The minimum absolute atomic E-state index is 0.144. The molecule has 0 atom stereocenters. The van der Waals surface area contributed by atoms with Gasteiger partial charge < -0.3 is 9.64 Å². The Morgan fingerprint density at radius 1 is 1.09 bits per heavy atom. The maximum Gasteiger partial charge on any atom is 0.302 e. The van der Waals surface area contributed by atoms with Crippen LogP contribution < -0.4 is 4.90 Å². The van der Waals surface area contributed by atoms with E-state index in [4.69, 9.17) is 4.74 Å². The summed E-state index contributed by atoms with van der Waals surface area (Å²) in [5, 5.41) is 0. The van der Waals surface area contributed by atoms with Crippen LogP contribution in [-0.4, -0.2) is 54.2 Å². The second-order valence-corrected chi connectivity index (χ2v) is 6.27. The van der Waals surface area contributed by atoms with Gasteiger partial charge in [-0.05, 0) is 37.8 Å². The Hall–Kier alpha value is -1.62. The van der Waals surface area contributed by atoms with Crippen LogP contribution in [0.5, 0.6) is 0 Å². The summed E-state index contributed by atoms with van der Waals surface area (Å²) in [6.45, 7) is 5.89. The Morgan fingerprint density at radius 3 is 2.32 bits per heavy atom. The fraction of sp³-hybridized carbons (Fsp3) is 0.647. The van der Waals surface area contributed by atoms with Crippen molar-refractivity contribution in [2.75, 3.05) is 31.1 Å². The fourth-order valence-corrected chi connectivity index (χ4v) is 3.66. The molecule has 5 nitrogen and oxygen atoms in total. The zero-order chi connectivity index (χ0) is 15.4. The zero-order valence-electron chi connectivity index (χ0n) is 13.3. The lowest BCUT2D eigenvalue weighted by molar-refractivity contribution is -0.148. The van der Waals surface area contributed by atoms with Gasteiger partial charge in [0.15, 0.2) is 0 Å². The van der Waals surface area contributed by atoms with E-state index in [2.05, 4.69) is 26.9 Å². The van der Waals surface area contributed by atoms with Crippen LogP contribution in [0.1, 0.15) is 32.6 Å². The number of anilines is 1. The summed E-state index contributed by atoms with van der Waals surface area (Å²) >= 11 is 0. The summed E-state index contributed by atoms with van der Waals surface area (Å²) < 4.78 is 5.33. The smallest absolute Gasteiger partial charge is 0.302 e. The molecule has 120 valence electrons. The molecule has 5 heteroatoms. The Labute approximate surface area is 132 Å². The highest BCUT2D eigenvalue weighted by molar-refractivity contribution is 5.66. The highest BCUT2D eigenvalue weighted by Gasteiger charge is 2.29. The molecule has 2 aliphatic rings. The van der Waals surface area contributed by atoms with Gasteiger partial charge in [-0.15, -0.1) is 0 Å². The number of nitrogens with zero attached hydrogens (tertiary/aromatic N) is 3. The normalized spacial score (nSPS) is 26.7. The summed E-state index contributed by atoms with van der Waals surface area (Å²) in [5.74, 6) is -0.144. The summed E-state index contributed by atoms with van der Waals surface area (Å²) in [6.07, 6.45) is 8.17. The molecule has 22 heavy (non-hydrogen) atoms. The molecule has 0 spiro atoms. The number of piperazine rings is 1. The van der Waals surface area contributed by atoms with Crippen molar-refractivity contribution in [2.24, 2.45) is 0 Å². The second-order valence-electron chi connectivity index (χ2n) is 6.27. The maximum absolute atomic E-state index is 11.0. The van der Waals surface area contributed by atoms with Crippen molar-refractivity contribution in [1.82, 2.24) is 9.88 Å². The number of hydrogen-bond acceptors (Lipinski definition) is 5. The van der Waals surface area contributed by atoms with Gasteiger partial charge in [-0.1, -0.05) is 0 Å². The molecule has 2 fully saturated rings. The highest BCUT2D eigenvalue weighted by atomic mass is 16.5. The third kappa shape index (κ3) is 3.77. The van der Waals surface area contributed by atoms with Crippen molar-refractivity contribution in [2.45, 2.75) is 44.8 Å². The number of pyridine rings is 1. The van der Waals surface area contributed by atoms with Crippen LogP contribution in [0.4, 0.5) is 5.69 Å². The van der Waals surface area contributed by atoms with Gasteiger partial charge in [0.25, 0.3) is 0 Å². The summed E-state index contributed by atoms with van der Waals surface area (Å²) in [7, 11) is 0. The standard InChI is InChI=1S/C17H25N3O2/c1-14(21)22-17-4-2-15(3-5-17)19-10-12-20(13-11-19)16-6-8-18-9-7-16/h6-9,15,17H,2-5,10-13H2,1H3. The molecule has 0 bridgehead atoms. The average molecular weight is 303 g/mol. The molecule has 3 rings (SSSR count). The van der Waals surface area contributed by atoms with Crippen molar-refractivity contribution in [1.29, 1.82) is 0 Å². The van der Waals surface area contributed by atoms with E-state index in [1.807, 2.05) is 12.4 Å². The van der Waals surface area contributed by atoms with E-state index in [0.29, 0.717) is 6.04 Å². The van der Waals surface area contributed by atoms with E-state index in [0.717, 1.165) is 51.9 Å². The SMILES string of the molecule is CC(=O)OC1CCC(N2CCN(c3ccncc3)CC2)CC1. The quantitative estimate of drug-likeness (QED) is 0.800. The van der Waals surface area contributed by atoms with E-state index in [9.17, 15) is 4.79 Å². The van der Waals surface area contributed by atoms with Crippen LogP contribution in [0.15, 0.2) is 24.5 Å². The number of carbonyl (C=O) groups is 1. The third-order valence-electron chi connectivity index (χ3n) is 4.83. The lowest BCUT2D eigenvalue weighted by Crippen LogP contribution is -2.51. The molecule has 2 heterocycles. The Morgan fingerprint density at radius 2 is 1.73 bits per heavy atom. The highest BCUT2D eigenvalue weighted by Crippen LogP contribution is 2.26. The van der Waals surface area contributed by atoms with E-state index in [1.165, 1.54) is 12.6 Å². The van der Waals surface area contributed by atoms with Gasteiger partial charge in [0.2, 0.25) is 0 Å². The molecule has 1 saturated heterocycles. The molecule has 1 aromatic heterocycles. The molecule has 0 amide bonds. The molecule has 0 aromatic carbocycles. The number of carbonyl (C=O) groups excluding carboxylic acids is 1. The van der Waals surface area contributed by atoms with E-state index in [1.54, 1.807) is 0 Å². The Balaban J connectivity index is 1.45. The first-order chi connectivity index (χ1) is 10.7. The Kier molecular flexibility index (Phi) is 4.93. The van der Waals surface area contributed by atoms with Crippen LogP contribution in [0.2, 0.25) is 0 Å². The molecule has 0 radical (unpaired) electrons. The first-order valence-electron chi connectivity index (χ1n) is 8.28. The van der Waals surface area contributed by atoms with Crippen LogP contribution in [-0.2, 0) is 9.53 Å². The van der Waals surface area contributed by atoms with Crippen molar-refractivity contribution in [3.05, 3.63) is 24.5 Å². The van der Waals surface area contributed by atoms with Crippen LogP contribution in [0.25, 0.3) is 0 Å². The number of ether oxygens (including phenoxy) is 1. The third-order valence-corrected chi connectivity index (χ3v) is 4.83. The van der Waals surface area contributed by atoms with Crippen LogP contribution >= 0.6 is 0 Å². The molecule has 1 aliphatic heterocycles. The summed E-state index contributed by atoms with van der Waals surface area (Å²) in [5.41, 5.74) is 1.27. The molecule has 0 N–H and O–H groups in total. The van der Waals surface area contributed by atoms with Gasteiger partial charge in [-0.2, -0.15) is 0 Å². The number of hydrogen-bond donors (Lipinski definition) is 0. The van der Waals surface area contributed by atoms with Crippen molar-refractivity contribution >= 4 is 11.7 Å². The number of rotatable bonds is 3. The molecule has 0 unspecified atom stereocenters. The van der Waals surface area contributed by atoms with Gasteiger partial charge in [0, 0.05) is 57.2 Å². The predicted molar refractivity (Wildman–Crippen MR) is 85.8 cm³/mol. The number of esters is 1. The van der Waals surface area contributed by atoms with Crippen molar-refractivity contribution in [3.8, 4) is 0 Å². The first-order valence-corrected chi connectivity index (χ1v) is 8.28. The van der Waals surface area contributed by atoms with Gasteiger partial charge in [0.05, 0.1) is 0 Å². The van der Waals surface area contributed by atoms with Gasteiger partial charge in [-0.3, -0.25) is 14.7 Å². The van der Waals surface area contributed by atoms with Crippen LogP contribution in [0.3, 0.4) is 0 Å². The lowest BCUT2D eigenvalue weighted by atomic mass is 9.91. The minimum atomic E-state index is -0.144. The average Bonchev–Trinajstić information content (AvgIpc) is 2.56. The monoisotopic (exact) mass is 303 g/mol.